The monoisotopic (exact) mass is 360 g/mol. The van der Waals surface area contributed by atoms with Crippen molar-refractivity contribution in [2.24, 2.45) is 0 Å². The number of nitrogens with one attached hydrogen (secondary N) is 1. The molecule has 0 fully saturated rings. The Morgan fingerprint density at radius 3 is 2.39 bits per heavy atom. The van der Waals surface area contributed by atoms with Crippen molar-refractivity contribution < 1.29 is 13.2 Å². The minimum Gasteiger partial charge on any atom is -0.352 e. The summed E-state index contributed by atoms with van der Waals surface area (Å²) >= 11 is 6.06. The molecule has 5 nitrogen and oxygen atoms in total. The molecule has 0 spiro atoms. The lowest BCUT2D eigenvalue weighted by molar-refractivity contribution is 0.0953. The molecule has 0 saturated heterocycles. The maximum absolute atomic E-state index is 12.5. The predicted molar refractivity (Wildman–Crippen MR) is 93.4 cm³/mol. The average Bonchev–Trinajstić information content (AvgIpc) is 2.52. The van der Waals surface area contributed by atoms with Crippen molar-refractivity contribution in [3.63, 3.8) is 0 Å². The number of hydrogen-bond donors (Lipinski definition) is 1. The summed E-state index contributed by atoms with van der Waals surface area (Å²) in [4.78, 5) is 12.3. The second kappa shape index (κ2) is 9.25. The summed E-state index contributed by atoms with van der Waals surface area (Å²) in [6, 6.07) is 4.24. The molecule has 1 aromatic rings. The number of carbonyl (C=O) groups excluding carboxylic acids is 1. The van der Waals surface area contributed by atoms with Crippen LogP contribution in [-0.4, -0.2) is 38.3 Å². The Balaban J connectivity index is 3.01. The third kappa shape index (κ3) is 5.19. The van der Waals surface area contributed by atoms with Crippen molar-refractivity contribution >= 4 is 27.5 Å². The number of nitrogens with zero attached hydrogens (tertiary/aromatic N) is 1. The Morgan fingerprint density at radius 2 is 1.83 bits per heavy atom. The van der Waals surface area contributed by atoms with Crippen LogP contribution in [0.1, 0.15) is 50.4 Å². The normalized spacial score (nSPS) is 11.7. The van der Waals surface area contributed by atoms with Crippen molar-refractivity contribution in [1.29, 1.82) is 0 Å². The van der Waals surface area contributed by atoms with Gasteiger partial charge in [0.1, 0.15) is 0 Å². The van der Waals surface area contributed by atoms with Crippen LogP contribution in [0.15, 0.2) is 23.1 Å². The summed E-state index contributed by atoms with van der Waals surface area (Å²) in [5.41, 5.74) is 0.191. The maximum atomic E-state index is 12.5. The first-order valence-electron chi connectivity index (χ1n) is 7.96. The fourth-order valence-electron chi connectivity index (χ4n) is 2.22. The third-order valence-electron chi connectivity index (χ3n) is 3.59. The number of rotatable bonds is 9. The van der Waals surface area contributed by atoms with Crippen molar-refractivity contribution in [3.8, 4) is 0 Å². The summed E-state index contributed by atoms with van der Waals surface area (Å²) in [5, 5.41) is 3.03. The molecule has 1 N–H and O–H groups in total. The Kier molecular flexibility index (Phi) is 8.02. The van der Waals surface area contributed by atoms with E-state index in [-0.39, 0.29) is 21.4 Å². The van der Waals surface area contributed by atoms with Gasteiger partial charge in [-0.3, -0.25) is 4.79 Å². The van der Waals surface area contributed by atoms with Gasteiger partial charge in [-0.05, 0) is 24.6 Å². The molecule has 1 aromatic carbocycles. The van der Waals surface area contributed by atoms with Crippen LogP contribution < -0.4 is 5.32 Å². The Labute approximate surface area is 144 Å². The van der Waals surface area contributed by atoms with Gasteiger partial charge >= 0.3 is 0 Å². The number of carbonyl (C=O) groups is 1. The zero-order chi connectivity index (χ0) is 17.5. The first-order valence-corrected chi connectivity index (χ1v) is 9.78. The van der Waals surface area contributed by atoms with E-state index in [0.717, 1.165) is 19.3 Å². The van der Waals surface area contributed by atoms with Crippen LogP contribution in [0.5, 0.6) is 0 Å². The quantitative estimate of drug-likeness (QED) is 0.687. The zero-order valence-electron chi connectivity index (χ0n) is 13.9. The SMILES string of the molecule is CCCCCNC(=O)c1cc(S(=O)(=O)N(CC)CC)ccc1Cl. The molecule has 0 unspecified atom stereocenters. The zero-order valence-corrected chi connectivity index (χ0v) is 15.5. The molecule has 1 amide bonds. The first kappa shape index (κ1) is 19.9. The number of benzene rings is 1. The van der Waals surface area contributed by atoms with E-state index in [1.54, 1.807) is 13.8 Å². The molecular formula is C16H25ClN2O3S. The van der Waals surface area contributed by atoms with Crippen LogP contribution in [0.3, 0.4) is 0 Å². The predicted octanol–water partition coefficient (Wildman–Crippen LogP) is 3.29. The molecule has 0 heterocycles. The lowest BCUT2D eigenvalue weighted by atomic mass is 10.2. The van der Waals surface area contributed by atoms with Gasteiger partial charge in [-0.15, -0.1) is 0 Å². The fraction of sp³-hybridized carbons (Fsp3) is 0.562. The summed E-state index contributed by atoms with van der Waals surface area (Å²) in [6.45, 7) is 6.94. The van der Waals surface area contributed by atoms with Crippen molar-refractivity contribution in [1.82, 2.24) is 9.62 Å². The highest BCUT2D eigenvalue weighted by Crippen LogP contribution is 2.23. The molecule has 0 aliphatic carbocycles. The van der Waals surface area contributed by atoms with Gasteiger partial charge in [0.05, 0.1) is 15.5 Å². The molecule has 0 radical (unpaired) electrons. The number of sulfonamides is 1. The highest BCUT2D eigenvalue weighted by Gasteiger charge is 2.23. The summed E-state index contributed by atoms with van der Waals surface area (Å²) in [7, 11) is -3.61. The Morgan fingerprint density at radius 1 is 1.17 bits per heavy atom. The molecule has 130 valence electrons. The third-order valence-corrected chi connectivity index (χ3v) is 5.97. The Bertz CT molecular complexity index is 628. The number of unbranched alkanes of at least 4 members (excludes halogenated alkanes) is 2. The van der Waals surface area contributed by atoms with Crippen molar-refractivity contribution in [2.75, 3.05) is 19.6 Å². The molecule has 7 heteroatoms. The van der Waals surface area contributed by atoms with Crippen LogP contribution in [0, 0.1) is 0 Å². The van der Waals surface area contributed by atoms with Crippen LogP contribution in [0.25, 0.3) is 0 Å². The molecule has 0 aromatic heterocycles. The first-order chi connectivity index (χ1) is 10.9. The van der Waals surface area contributed by atoms with Crippen molar-refractivity contribution in [2.45, 2.75) is 44.9 Å². The minimum absolute atomic E-state index is 0.0873. The number of amides is 1. The van der Waals surface area contributed by atoms with Gasteiger partial charge in [0, 0.05) is 19.6 Å². The molecule has 1 rings (SSSR count). The van der Waals surface area contributed by atoms with Gasteiger partial charge in [0.2, 0.25) is 10.0 Å². The van der Waals surface area contributed by atoms with Gasteiger partial charge in [-0.1, -0.05) is 45.2 Å². The summed E-state index contributed by atoms with van der Waals surface area (Å²) in [6.07, 6.45) is 2.98. The molecule has 0 atom stereocenters. The van der Waals surface area contributed by atoms with E-state index in [1.807, 2.05) is 0 Å². The molecule has 0 saturated carbocycles. The van der Waals surface area contributed by atoms with E-state index in [2.05, 4.69) is 12.2 Å². The standard InChI is InChI=1S/C16H25ClN2O3S/c1-4-7-8-11-18-16(20)14-12-13(9-10-15(14)17)23(21,22)19(5-2)6-3/h9-10,12H,4-8,11H2,1-3H3,(H,18,20). The Hall–Kier alpha value is -1.11. The molecule has 0 bridgehead atoms. The highest BCUT2D eigenvalue weighted by molar-refractivity contribution is 7.89. The second-order valence-electron chi connectivity index (χ2n) is 5.19. The molecular weight excluding hydrogens is 336 g/mol. The highest BCUT2D eigenvalue weighted by atomic mass is 35.5. The largest absolute Gasteiger partial charge is 0.352 e. The van der Waals surface area contributed by atoms with Crippen LogP contribution >= 0.6 is 11.6 Å². The molecule has 0 aliphatic rings. The number of halogens is 1. The van der Waals surface area contributed by atoms with E-state index in [1.165, 1.54) is 22.5 Å². The smallest absolute Gasteiger partial charge is 0.252 e. The van der Waals surface area contributed by atoms with E-state index in [4.69, 9.17) is 11.6 Å². The topological polar surface area (TPSA) is 66.5 Å². The van der Waals surface area contributed by atoms with Gasteiger partial charge in [-0.2, -0.15) is 4.31 Å². The van der Waals surface area contributed by atoms with E-state index >= 15 is 0 Å². The lowest BCUT2D eigenvalue weighted by Crippen LogP contribution is -2.31. The summed E-state index contributed by atoms with van der Waals surface area (Å²) < 4.78 is 26.4. The van der Waals surface area contributed by atoms with Gasteiger partial charge in [0.25, 0.3) is 5.91 Å². The van der Waals surface area contributed by atoms with E-state index in [9.17, 15) is 13.2 Å². The lowest BCUT2D eigenvalue weighted by Gasteiger charge is -2.19. The average molecular weight is 361 g/mol. The van der Waals surface area contributed by atoms with Gasteiger partial charge < -0.3 is 5.32 Å². The molecule has 23 heavy (non-hydrogen) atoms. The number of hydrogen-bond acceptors (Lipinski definition) is 3. The van der Waals surface area contributed by atoms with Crippen LogP contribution in [0.2, 0.25) is 5.02 Å². The maximum Gasteiger partial charge on any atom is 0.252 e. The van der Waals surface area contributed by atoms with E-state index in [0.29, 0.717) is 19.6 Å². The van der Waals surface area contributed by atoms with Gasteiger partial charge in [0.15, 0.2) is 0 Å². The van der Waals surface area contributed by atoms with Crippen molar-refractivity contribution in [3.05, 3.63) is 28.8 Å². The summed E-state index contributed by atoms with van der Waals surface area (Å²) in [5.74, 6) is -0.345. The van der Waals surface area contributed by atoms with Crippen LogP contribution in [-0.2, 0) is 10.0 Å². The van der Waals surface area contributed by atoms with Gasteiger partial charge in [-0.25, -0.2) is 8.42 Å². The molecule has 0 aliphatic heterocycles. The fourth-order valence-corrected chi connectivity index (χ4v) is 3.91. The van der Waals surface area contributed by atoms with Crippen LogP contribution in [0.4, 0.5) is 0 Å². The second-order valence-corrected chi connectivity index (χ2v) is 7.54. The minimum atomic E-state index is -3.61. The van der Waals surface area contributed by atoms with E-state index < -0.39 is 10.0 Å².